The molecule has 1 fully saturated rings. The number of nitrogens with zero attached hydrogens (tertiary/aromatic N) is 3. The number of nitrogens with one attached hydrogen (secondary N) is 1. The predicted octanol–water partition coefficient (Wildman–Crippen LogP) is 2.13. The highest BCUT2D eigenvalue weighted by Gasteiger charge is 2.51. The largest absolute Gasteiger partial charge is 0.498 e. The maximum Gasteiger partial charge on any atom is 0.498 e. The molecule has 156 valence electrons. The summed E-state index contributed by atoms with van der Waals surface area (Å²) in [7, 11) is -0.483. The molecule has 9 heteroatoms. The maximum atomic E-state index is 11.8. The van der Waals surface area contributed by atoms with Gasteiger partial charge in [-0.15, -0.1) is 0 Å². The second-order valence-electron chi connectivity index (χ2n) is 8.91. The Kier molecular flexibility index (Phi) is 6.60. The normalized spacial score (nSPS) is 18.1. The highest BCUT2D eigenvalue weighted by molar-refractivity contribution is 6.61. The van der Waals surface area contributed by atoms with Crippen molar-refractivity contribution >= 4 is 24.6 Å². The Hall–Kier alpha value is -1.87. The van der Waals surface area contributed by atoms with Crippen LogP contribution in [0.15, 0.2) is 12.4 Å². The number of carbonyl (C=O) groups excluding carboxylic acids is 1. The van der Waals surface area contributed by atoms with E-state index in [4.69, 9.17) is 14.0 Å². The number of amides is 1. The summed E-state index contributed by atoms with van der Waals surface area (Å²) >= 11 is 0. The molecule has 2 heterocycles. The number of rotatable bonds is 6. The standard InChI is InChI=1S/C19H33BN4O4/c1-9-24(11-10-21-16(25)26-17(2,3)4)15-22-12-14(13-23-15)20-27-18(5,6)19(7,8)28-20/h12-13H,9-11H2,1-8H3,(H,21,25). The van der Waals surface area contributed by atoms with Crippen molar-refractivity contribution in [2.24, 2.45) is 0 Å². The molecule has 8 nitrogen and oxygen atoms in total. The first-order valence-corrected chi connectivity index (χ1v) is 9.74. The fourth-order valence-electron chi connectivity index (χ4n) is 2.60. The molecule has 1 saturated heterocycles. The molecular formula is C19H33BN4O4. The Morgan fingerprint density at radius 1 is 1.18 bits per heavy atom. The molecular weight excluding hydrogens is 359 g/mol. The number of hydrogen-bond acceptors (Lipinski definition) is 7. The summed E-state index contributed by atoms with van der Waals surface area (Å²) in [6.07, 6.45) is 3.03. The van der Waals surface area contributed by atoms with Crippen molar-refractivity contribution in [1.82, 2.24) is 15.3 Å². The summed E-state index contributed by atoms with van der Waals surface area (Å²) in [5, 5.41) is 2.75. The van der Waals surface area contributed by atoms with Crippen LogP contribution in [0.2, 0.25) is 0 Å². The monoisotopic (exact) mass is 392 g/mol. The third kappa shape index (κ3) is 5.58. The summed E-state index contributed by atoms with van der Waals surface area (Å²) < 4.78 is 17.3. The number of carbonyl (C=O) groups is 1. The lowest BCUT2D eigenvalue weighted by Crippen LogP contribution is -2.41. The van der Waals surface area contributed by atoms with Gasteiger partial charge in [0.2, 0.25) is 5.95 Å². The van der Waals surface area contributed by atoms with Gasteiger partial charge in [-0.05, 0) is 55.4 Å². The zero-order valence-corrected chi connectivity index (χ0v) is 18.3. The molecule has 28 heavy (non-hydrogen) atoms. The van der Waals surface area contributed by atoms with Crippen molar-refractivity contribution < 1.29 is 18.8 Å². The number of likely N-dealkylation sites (N-methyl/N-ethyl adjacent to an activating group) is 1. The summed E-state index contributed by atoms with van der Waals surface area (Å²) in [6.45, 7) is 17.3. The van der Waals surface area contributed by atoms with Gasteiger partial charge in [0.05, 0.1) is 11.2 Å². The SMILES string of the molecule is CCN(CCNC(=O)OC(C)(C)C)c1ncc(B2OC(C)(C)C(C)(C)O2)cn1. The highest BCUT2D eigenvalue weighted by atomic mass is 16.7. The minimum Gasteiger partial charge on any atom is -0.444 e. The molecule has 0 saturated carbocycles. The van der Waals surface area contributed by atoms with Crippen LogP contribution < -0.4 is 15.7 Å². The van der Waals surface area contributed by atoms with E-state index in [2.05, 4.69) is 15.3 Å². The minimum atomic E-state index is -0.513. The van der Waals surface area contributed by atoms with Gasteiger partial charge in [0.25, 0.3) is 0 Å². The van der Waals surface area contributed by atoms with E-state index in [9.17, 15) is 4.79 Å². The second-order valence-corrected chi connectivity index (χ2v) is 8.91. The van der Waals surface area contributed by atoms with Gasteiger partial charge in [-0.1, -0.05) is 0 Å². The Labute approximate surface area is 168 Å². The summed E-state index contributed by atoms with van der Waals surface area (Å²) in [4.78, 5) is 22.6. The maximum absolute atomic E-state index is 11.8. The van der Waals surface area contributed by atoms with Crippen LogP contribution in [0.25, 0.3) is 0 Å². The molecule has 0 spiro atoms. The first-order valence-electron chi connectivity index (χ1n) is 9.74. The third-order valence-corrected chi connectivity index (χ3v) is 4.90. The zero-order valence-electron chi connectivity index (χ0n) is 18.3. The molecule has 0 unspecified atom stereocenters. The third-order valence-electron chi connectivity index (χ3n) is 4.90. The molecule has 0 aromatic carbocycles. The summed E-state index contributed by atoms with van der Waals surface area (Å²) in [5.74, 6) is 0.591. The molecule has 1 aliphatic heterocycles. The number of anilines is 1. The first-order chi connectivity index (χ1) is 12.8. The van der Waals surface area contributed by atoms with Gasteiger partial charge >= 0.3 is 13.2 Å². The molecule has 1 aromatic heterocycles. The first kappa shape index (κ1) is 22.4. The Morgan fingerprint density at radius 3 is 2.18 bits per heavy atom. The highest BCUT2D eigenvalue weighted by Crippen LogP contribution is 2.36. The Morgan fingerprint density at radius 2 is 1.71 bits per heavy atom. The average molecular weight is 392 g/mol. The van der Waals surface area contributed by atoms with Gasteiger partial charge in [0.1, 0.15) is 5.60 Å². The lowest BCUT2D eigenvalue weighted by atomic mass is 9.81. The predicted molar refractivity (Wildman–Crippen MR) is 110 cm³/mol. The molecule has 0 bridgehead atoms. The topological polar surface area (TPSA) is 85.8 Å². The lowest BCUT2D eigenvalue weighted by molar-refractivity contribution is 0.00578. The van der Waals surface area contributed by atoms with Gasteiger partial charge in [-0.2, -0.15) is 0 Å². The minimum absolute atomic E-state index is 0.404. The van der Waals surface area contributed by atoms with E-state index in [1.807, 2.05) is 60.3 Å². The number of hydrogen-bond donors (Lipinski definition) is 1. The molecule has 1 N–H and O–H groups in total. The summed E-state index contributed by atoms with van der Waals surface area (Å²) in [5.41, 5.74) is -0.537. The van der Waals surface area contributed by atoms with E-state index in [-0.39, 0.29) is 0 Å². The van der Waals surface area contributed by atoms with Gasteiger partial charge in [0.15, 0.2) is 0 Å². The van der Waals surface area contributed by atoms with E-state index >= 15 is 0 Å². The van der Waals surface area contributed by atoms with Gasteiger partial charge in [-0.3, -0.25) is 0 Å². The van der Waals surface area contributed by atoms with Crippen LogP contribution in [0.1, 0.15) is 55.4 Å². The Balaban J connectivity index is 1.93. The van der Waals surface area contributed by atoms with Crippen molar-refractivity contribution in [1.29, 1.82) is 0 Å². The molecule has 1 aromatic rings. The van der Waals surface area contributed by atoms with E-state index in [0.29, 0.717) is 25.6 Å². The average Bonchev–Trinajstić information content (AvgIpc) is 2.78. The molecule has 1 aliphatic rings. The van der Waals surface area contributed by atoms with Crippen LogP contribution in [0.3, 0.4) is 0 Å². The number of aromatic nitrogens is 2. The second kappa shape index (κ2) is 8.25. The van der Waals surface area contributed by atoms with E-state index < -0.39 is 30.0 Å². The quantitative estimate of drug-likeness (QED) is 0.743. The molecule has 0 radical (unpaired) electrons. The van der Waals surface area contributed by atoms with Crippen LogP contribution in [0.4, 0.5) is 10.7 Å². The fourth-order valence-corrected chi connectivity index (χ4v) is 2.60. The van der Waals surface area contributed by atoms with Crippen molar-refractivity contribution in [2.75, 3.05) is 24.5 Å². The van der Waals surface area contributed by atoms with Crippen LogP contribution in [-0.2, 0) is 14.0 Å². The van der Waals surface area contributed by atoms with E-state index in [0.717, 1.165) is 5.46 Å². The number of ether oxygens (including phenoxy) is 1. The zero-order chi connectivity index (χ0) is 21.2. The van der Waals surface area contributed by atoms with E-state index in [1.165, 1.54) is 0 Å². The van der Waals surface area contributed by atoms with Gasteiger partial charge in [-0.25, -0.2) is 14.8 Å². The fraction of sp³-hybridized carbons (Fsp3) is 0.737. The van der Waals surface area contributed by atoms with Crippen molar-refractivity contribution in [3.8, 4) is 0 Å². The van der Waals surface area contributed by atoms with Crippen LogP contribution in [0.5, 0.6) is 0 Å². The lowest BCUT2D eigenvalue weighted by Gasteiger charge is -2.32. The van der Waals surface area contributed by atoms with Crippen LogP contribution in [0, 0.1) is 0 Å². The number of alkyl carbamates (subject to hydrolysis) is 1. The van der Waals surface area contributed by atoms with Crippen molar-refractivity contribution in [3.05, 3.63) is 12.4 Å². The van der Waals surface area contributed by atoms with Crippen LogP contribution >= 0.6 is 0 Å². The van der Waals surface area contributed by atoms with E-state index in [1.54, 1.807) is 12.4 Å². The van der Waals surface area contributed by atoms with Crippen molar-refractivity contribution in [2.45, 2.75) is 72.2 Å². The summed E-state index contributed by atoms with van der Waals surface area (Å²) in [6, 6.07) is 0. The van der Waals surface area contributed by atoms with Gasteiger partial charge < -0.3 is 24.3 Å². The smallest absolute Gasteiger partial charge is 0.444 e. The molecule has 1 amide bonds. The van der Waals surface area contributed by atoms with Gasteiger partial charge in [0, 0.05) is 37.5 Å². The molecule has 0 aliphatic carbocycles. The molecule has 0 atom stereocenters. The Bertz CT molecular complexity index is 658. The van der Waals surface area contributed by atoms with Crippen molar-refractivity contribution in [3.63, 3.8) is 0 Å². The molecule has 2 rings (SSSR count). The van der Waals surface area contributed by atoms with Crippen LogP contribution in [-0.4, -0.2) is 59.6 Å².